The van der Waals surface area contributed by atoms with Crippen molar-refractivity contribution in [3.8, 4) is 0 Å². The minimum Gasteiger partial charge on any atom is -0.283 e. The summed E-state index contributed by atoms with van der Waals surface area (Å²) in [5.41, 5.74) is 3.18. The molecule has 0 spiro atoms. The van der Waals surface area contributed by atoms with Crippen LogP contribution in [0.2, 0.25) is 0 Å². The molecule has 0 aromatic carbocycles. The molecule has 0 saturated carbocycles. The molecule has 3 heteroatoms. The first kappa shape index (κ1) is 7.98. The molecule has 0 atom stereocenters. The molecule has 0 unspecified atom stereocenters. The van der Waals surface area contributed by atoms with E-state index in [-0.39, 0.29) is 0 Å². The second-order valence-electron chi connectivity index (χ2n) is 3.04. The summed E-state index contributed by atoms with van der Waals surface area (Å²) in [6.45, 7) is 1.99. The number of aryl methyl sites for hydroxylation is 1. The van der Waals surface area contributed by atoms with E-state index in [4.69, 9.17) is 0 Å². The molecule has 0 fully saturated rings. The van der Waals surface area contributed by atoms with Crippen molar-refractivity contribution in [2.75, 3.05) is 0 Å². The average Bonchev–Trinajstić information content (AvgIpc) is 2.53. The highest BCUT2D eigenvalue weighted by Crippen LogP contribution is 2.04. The van der Waals surface area contributed by atoms with E-state index in [0.717, 1.165) is 23.5 Å². The largest absolute Gasteiger partial charge is 0.283 e. The average molecular weight is 173 g/mol. The molecule has 2 rings (SSSR count). The summed E-state index contributed by atoms with van der Waals surface area (Å²) in [4.78, 5) is 4.23. The lowest BCUT2D eigenvalue weighted by atomic mass is 10.2. The maximum absolute atomic E-state index is 4.23. The van der Waals surface area contributed by atoms with Crippen molar-refractivity contribution in [3.05, 3.63) is 47.5 Å². The van der Waals surface area contributed by atoms with E-state index in [1.807, 2.05) is 31.2 Å². The molecule has 2 aromatic heterocycles. The number of rotatable bonds is 2. The van der Waals surface area contributed by atoms with E-state index in [1.54, 1.807) is 6.20 Å². The predicted molar refractivity (Wildman–Crippen MR) is 50.4 cm³/mol. The van der Waals surface area contributed by atoms with E-state index in [2.05, 4.69) is 15.2 Å². The minimum atomic E-state index is 0.797. The van der Waals surface area contributed by atoms with E-state index in [0.29, 0.717) is 0 Å². The molecule has 66 valence electrons. The van der Waals surface area contributed by atoms with E-state index >= 15 is 0 Å². The summed E-state index contributed by atoms with van der Waals surface area (Å²) in [7, 11) is 0. The molecular formula is C10H11N3. The quantitative estimate of drug-likeness (QED) is 0.751. The SMILES string of the molecule is Cc1cc(Cc2ccccn2)n[nH]1. The van der Waals surface area contributed by atoms with Gasteiger partial charge >= 0.3 is 0 Å². The lowest BCUT2D eigenvalue weighted by Gasteiger charge is -1.94. The molecule has 0 aliphatic heterocycles. The number of H-pyrrole nitrogens is 1. The maximum Gasteiger partial charge on any atom is 0.0684 e. The Kier molecular flexibility index (Phi) is 2.08. The Balaban J connectivity index is 2.15. The number of aromatic nitrogens is 3. The van der Waals surface area contributed by atoms with Gasteiger partial charge in [0.1, 0.15) is 0 Å². The van der Waals surface area contributed by atoms with Crippen LogP contribution in [0.15, 0.2) is 30.5 Å². The van der Waals surface area contributed by atoms with Gasteiger partial charge in [0, 0.05) is 24.0 Å². The number of hydrogen-bond acceptors (Lipinski definition) is 2. The van der Waals surface area contributed by atoms with Gasteiger partial charge in [-0.1, -0.05) is 6.07 Å². The topological polar surface area (TPSA) is 41.6 Å². The second kappa shape index (κ2) is 3.39. The number of nitrogens with one attached hydrogen (secondary N) is 1. The van der Waals surface area contributed by atoms with Crippen LogP contribution >= 0.6 is 0 Å². The van der Waals surface area contributed by atoms with Crippen molar-refractivity contribution < 1.29 is 0 Å². The summed E-state index contributed by atoms with van der Waals surface area (Å²) < 4.78 is 0. The normalized spacial score (nSPS) is 10.2. The minimum absolute atomic E-state index is 0.797. The van der Waals surface area contributed by atoms with E-state index in [9.17, 15) is 0 Å². The molecule has 1 N–H and O–H groups in total. The Morgan fingerprint density at radius 2 is 2.23 bits per heavy atom. The Morgan fingerprint density at radius 3 is 2.85 bits per heavy atom. The van der Waals surface area contributed by atoms with Crippen molar-refractivity contribution >= 4 is 0 Å². The van der Waals surface area contributed by atoms with Crippen molar-refractivity contribution in [2.45, 2.75) is 13.3 Å². The van der Waals surface area contributed by atoms with Crippen molar-refractivity contribution in [1.29, 1.82) is 0 Å². The highest BCUT2D eigenvalue weighted by atomic mass is 15.1. The zero-order chi connectivity index (χ0) is 9.10. The highest BCUT2D eigenvalue weighted by molar-refractivity contribution is 5.15. The fourth-order valence-electron chi connectivity index (χ4n) is 1.25. The Morgan fingerprint density at radius 1 is 1.31 bits per heavy atom. The first-order chi connectivity index (χ1) is 6.34. The highest BCUT2D eigenvalue weighted by Gasteiger charge is 1.99. The zero-order valence-corrected chi connectivity index (χ0v) is 7.49. The Bertz CT molecular complexity index is 378. The Hall–Kier alpha value is -1.64. The van der Waals surface area contributed by atoms with Crippen molar-refractivity contribution in [2.24, 2.45) is 0 Å². The maximum atomic E-state index is 4.23. The van der Waals surface area contributed by atoms with E-state index in [1.165, 1.54) is 0 Å². The van der Waals surface area contributed by atoms with Gasteiger partial charge in [0.25, 0.3) is 0 Å². The van der Waals surface area contributed by atoms with Crippen LogP contribution in [0, 0.1) is 6.92 Å². The van der Waals surface area contributed by atoms with Crippen LogP contribution in [0.5, 0.6) is 0 Å². The number of aromatic amines is 1. The van der Waals surface area contributed by atoms with Gasteiger partial charge in [0.05, 0.1) is 5.69 Å². The molecule has 13 heavy (non-hydrogen) atoms. The summed E-state index contributed by atoms with van der Waals surface area (Å²) in [5, 5.41) is 7.06. The number of nitrogens with zero attached hydrogens (tertiary/aromatic N) is 2. The van der Waals surface area contributed by atoms with Crippen LogP contribution in [0.25, 0.3) is 0 Å². The van der Waals surface area contributed by atoms with Crippen LogP contribution in [0.3, 0.4) is 0 Å². The van der Waals surface area contributed by atoms with Gasteiger partial charge in [-0.2, -0.15) is 5.10 Å². The van der Waals surface area contributed by atoms with Gasteiger partial charge in [-0.15, -0.1) is 0 Å². The third-order valence-corrected chi connectivity index (χ3v) is 1.85. The molecule has 0 aliphatic rings. The molecular weight excluding hydrogens is 162 g/mol. The van der Waals surface area contributed by atoms with Crippen molar-refractivity contribution in [3.63, 3.8) is 0 Å². The number of pyridine rings is 1. The van der Waals surface area contributed by atoms with Gasteiger partial charge < -0.3 is 0 Å². The van der Waals surface area contributed by atoms with Crippen LogP contribution in [0.4, 0.5) is 0 Å². The Labute approximate surface area is 76.8 Å². The van der Waals surface area contributed by atoms with Gasteiger partial charge in [0.15, 0.2) is 0 Å². The third kappa shape index (κ3) is 1.93. The molecule has 0 bridgehead atoms. The first-order valence-electron chi connectivity index (χ1n) is 4.25. The molecule has 3 nitrogen and oxygen atoms in total. The number of hydrogen-bond donors (Lipinski definition) is 1. The summed E-state index contributed by atoms with van der Waals surface area (Å²) >= 11 is 0. The molecule has 2 aromatic rings. The second-order valence-corrected chi connectivity index (χ2v) is 3.04. The molecule has 0 saturated heterocycles. The summed E-state index contributed by atoms with van der Waals surface area (Å²) in [6.07, 6.45) is 2.60. The van der Waals surface area contributed by atoms with Crippen LogP contribution in [-0.2, 0) is 6.42 Å². The lowest BCUT2D eigenvalue weighted by Crippen LogP contribution is -1.90. The monoisotopic (exact) mass is 173 g/mol. The van der Waals surface area contributed by atoms with Gasteiger partial charge in [-0.25, -0.2) is 0 Å². The molecule has 0 aliphatic carbocycles. The van der Waals surface area contributed by atoms with Gasteiger partial charge in [-0.05, 0) is 25.1 Å². The van der Waals surface area contributed by atoms with Crippen LogP contribution in [0.1, 0.15) is 17.1 Å². The lowest BCUT2D eigenvalue weighted by molar-refractivity contribution is 0.957. The predicted octanol–water partition coefficient (Wildman–Crippen LogP) is 1.70. The fourth-order valence-corrected chi connectivity index (χ4v) is 1.25. The molecule has 0 amide bonds. The van der Waals surface area contributed by atoms with Crippen LogP contribution < -0.4 is 0 Å². The molecule has 2 heterocycles. The first-order valence-corrected chi connectivity index (χ1v) is 4.25. The van der Waals surface area contributed by atoms with E-state index < -0.39 is 0 Å². The fraction of sp³-hybridized carbons (Fsp3) is 0.200. The standard InChI is InChI=1S/C10H11N3/c1-8-6-10(13-12-8)7-9-4-2-3-5-11-9/h2-6H,7H2,1H3,(H,12,13). The third-order valence-electron chi connectivity index (χ3n) is 1.85. The van der Waals surface area contributed by atoms with Gasteiger partial charge in [0.2, 0.25) is 0 Å². The summed E-state index contributed by atoms with van der Waals surface area (Å²) in [6, 6.07) is 7.94. The smallest absolute Gasteiger partial charge is 0.0684 e. The summed E-state index contributed by atoms with van der Waals surface area (Å²) in [5.74, 6) is 0. The molecule has 0 radical (unpaired) electrons. The van der Waals surface area contributed by atoms with Gasteiger partial charge in [-0.3, -0.25) is 10.1 Å². The van der Waals surface area contributed by atoms with Crippen molar-refractivity contribution in [1.82, 2.24) is 15.2 Å². The van der Waals surface area contributed by atoms with Crippen LogP contribution in [-0.4, -0.2) is 15.2 Å². The zero-order valence-electron chi connectivity index (χ0n) is 7.49.